The van der Waals surface area contributed by atoms with Gasteiger partial charge in [-0.05, 0) is 72.8 Å². The van der Waals surface area contributed by atoms with Gasteiger partial charge in [-0.2, -0.15) is 5.10 Å². The normalized spacial score (nSPS) is 12.0. The molecule has 11 rings (SSSR count). The van der Waals surface area contributed by atoms with Crippen molar-refractivity contribution in [2.75, 3.05) is 0 Å². The van der Waals surface area contributed by atoms with Crippen LogP contribution in [0.25, 0.3) is 88.3 Å². The average molecular weight is 641 g/mol. The molecular weight excluding hydrogens is 613 g/mol. The zero-order chi connectivity index (χ0) is 32.8. The molecule has 0 saturated heterocycles. The fraction of sp³-hybridized carbons (Fsp3) is 0. The summed E-state index contributed by atoms with van der Waals surface area (Å²) in [7, 11) is 0. The molecule has 0 amide bonds. The first-order valence-electron chi connectivity index (χ1n) is 16.8. The fourth-order valence-corrected chi connectivity index (χ4v) is 8.06. The lowest BCUT2D eigenvalue weighted by Crippen LogP contribution is -1.99. The second-order valence-corrected chi connectivity index (χ2v) is 12.8. The number of aromatic nitrogens is 6. The Morgan fingerprint density at radius 3 is 1.82 bits per heavy atom. The molecule has 5 heterocycles. The molecule has 0 unspecified atom stereocenters. The van der Waals surface area contributed by atoms with Crippen LogP contribution in [0.5, 0.6) is 0 Å². The molecule has 6 aromatic carbocycles. The van der Waals surface area contributed by atoms with Crippen molar-refractivity contribution in [2.45, 2.75) is 0 Å². The second kappa shape index (κ2) is 10.3. The van der Waals surface area contributed by atoms with Crippen molar-refractivity contribution >= 4 is 65.4 Å². The molecule has 0 spiro atoms. The molecule has 11 aromatic rings. The van der Waals surface area contributed by atoms with E-state index in [9.17, 15) is 0 Å². The number of rotatable bonds is 4. The van der Waals surface area contributed by atoms with Gasteiger partial charge in [-0.3, -0.25) is 4.57 Å². The third-order valence-electron chi connectivity index (χ3n) is 10.1. The molecule has 0 aliphatic carbocycles. The highest BCUT2D eigenvalue weighted by Gasteiger charge is 2.22. The second-order valence-electron chi connectivity index (χ2n) is 12.8. The Balaban J connectivity index is 1.27. The molecule has 0 radical (unpaired) electrons. The molecule has 6 heteroatoms. The number of benzene rings is 6. The van der Waals surface area contributed by atoms with Crippen LogP contribution in [-0.4, -0.2) is 28.5 Å². The lowest BCUT2D eigenvalue weighted by Gasteiger charge is -2.11. The van der Waals surface area contributed by atoms with Crippen molar-refractivity contribution in [1.29, 1.82) is 0 Å². The van der Waals surface area contributed by atoms with Gasteiger partial charge < -0.3 is 9.13 Å². The van der Waals surface area contributed by atoms with Crippen LogP contribution < -0.4 is 0 Å². The van der Waals surface area contributed by atoms with E-state index in [0.29, 0.717) is 0 Å². The lowest BCUT2D eigenvalue weighted by molar-refractivity contribution is 0.881. The quantitative estimate of drug-likeness (QED) is 0.192. The number of pyridine rings is 1. The minimum atomic E-state index is 0.886. The molecule has 0 N–H and O–H groups in total. The van der Waals surface area contributed by atoms with Gasteiger partial charge in [0, 0.05) is 62.3 Å². The fourth-order valence-electron chi connectivity index (χ4n) is 8.06. The minimum Gasteiger partial charge on any atom is -0.309 e. The zero-order valence-corrected chi connectivity index (χ0v) is 26.8. The van der Waals surface area contributed by atoms with E-state index in [1.54, 1.807) is 0 Å². The van der Waals surface area contributed by atoms with E-state index < -0.39 is 0 Å². The van der Waals surface area contributed by atoms with Gasteiger partial charge >= 0.3 is 0 Å². The van der Waals surface area contributed by atoms with Gasteiger partial charge in [0.2, 0.25) is 0 Å². The van der Waals surface area contributed by atoms with E-state index in [2.05, 4.69) is 158 Å². The molecule has 0 fully saturated rings. The van der Waals surface area contributed by atoms with Crippen LogP contribution in [0.4, 0.5) is 0 Å². The molecule has 234 valence electrons. The maximum atomic E-state index is 4.95. The van der Waals surface area contributed by atoms with Crippen LogP contribution >= 0.6 is 0 Å². The van der Waals surface area contributed by atoms with Gasteiger partial charge in [-0.25, -0.2) is 9.67 Å². The van der Waals surface area contributed by atoms with Gasteiger partial charge in [0.15, 0.2) is 0 Å². The minimum absolute atomic E-state index is 0.886. The number of para-hydroxylation sites is 3. The summed E-state index contributed by atoms with van der Waals surface area (Å²) in [6, 6.07) is 54.2. The summed E-state index contributed by atoms with van der Waals surface area (Å²) in [5.41, 5.74) is 10.1. The van der Waals surface area contributed by atoms with Crippen LogP contribution in [0, 0.1) is 0 Å². The summed E-state index contributed by atoms with van der Waals surface area (Å²) in [5.74, 6) is 0.886. The highest BCUT2D eigenvalue weighted by molar-refractivity contribution is 6.26. The van der Waals surface area contributed by atoms with Crippen LogP contribution in [-0.2, 0) is 0 Å². The van der Waals surface area contributed by atoms with E-state index in [4.69, 9.17) is 4.98 Å². The number of hydrogen-bond donors (Lipinski definition) is 0. The van der Waals surface area contributed by atoms with Crippen molar-refractivity contribution in [1.82, 2.24) is 28.5 Å². The van der Waals surface area contributed by atoms with Gasteiger partial charge in [-0.1, -0.05) is 78.9 Å². The monoisotopic (exact) mass is 640 g/mol. The Morgan fingerprint density at radius 1 is 0.380 bits per heavy atom. The predicted octanol–water partition coefficient (Wildman–Crippen LogP) is 10.6. The highest BCUT2D eigenvalue weighted by Crippen LogP contribution is 2.43. The standard InChI is InChI=1S/C44H28N6/c1-2-11-29(12-3-1)48-38-16-7-5-14-36(38)43-39(48)23-22-35-34-21-19-31(28-41(34)50(44(35)43)42-17-8-9-24-45-42)49-37-15-6-4-13-32(37)33-20-18-30(27-40(33)49)47-26-10-25-46-47/h1-28H. The number of fused-ring (bicyclic) bond motifs is 10. The van der Waals surface area contributed by atoms with Crippen LogP contribution in [0.1, 0.15) is 0 Å². The molecule has 6 nitrogen and oxygen atoms in total. The number of nitrogens with zero attached hydrogens (tertiary/aromatic N) is 6. The van der Waals surface area contributed by atoms with E-state index in [1.165, 1.54) is 43.4 Å². The van der Waals surface area contributed by atoms with Crippen LogP contribution in [0.3, 0.4) is 0 Å². The maximum absolute atomic E-state index is 4.95. The molecule has 50 heavy (non-hydrogen) atoms. The Bertz CT molecular complexity index is 3070. The van der Waals surface area contributed by atoms with Gasteiger partial charge in [0.1, 0.15) is 5.82 Å². The molecule has 0 bridgehead atoms. The highest BCUT2D eigenvalue weighted by atomic mass is 15.3. The summed E-state index contributed by atoms with van der Waals surface area (Å²) in [6.45, 7) is 0. The molecular formula is C44H28N6. The van der Waals surface area contributed by atoms with E-state index in [1.807, 2.05) is 35.4 Å². The zero-order valence-electron chi connectivity index (χ0n) is 26.8. The SMILES string of the molecule is c1ccc(-n2c3ccccc3c3c2ccc2c4ccc(-n5c6ccccc6c6ccc(-n7cccn7)cc65)cc4n(-c4ccccn4)c23)cc1. The van der Waals surface area contributed by atoms with Gasteiger partial charge in [0.25, 0.3) is 0 Å². The predicted molar refractivity (Wildman–Crippen MR) is 204 cm³/mol. The molecule has 0 atom stereocenters. The Morgan fingerprint density at radius 2 is 1.02 bits per heavy atom. The summed E-state index contributed by atoms with van der Waals surface area (Å²) in [4.78, 5) is 4.95. The van der Waals surface area contributed by atoms with Crippen molar-refractivity contribution in [3.63, 3.8) is 0 Å². The summed E-state index contributed by atoms with van der Waals surface area (Å²) in [5, 5.41) is 11.8. The maximum Gasteiger partial charge on any atom is 0.137 e. The topological polar surface area (TPSA) is 45.5 Å². The molecule has 0 aliphatic heterocycles. The Kier molecular flexibility index (Phi) is 5.57. The third-order valence-corrected chi connectivity index (χ3v) is 10.1. The number of hydrogen-bond acceptors (Lipinski definition) is 2. The van der Waals surface area contributed by atoms with Crippen molar-refractivity contribution < 1.29 is 0 Å². The first-order chi connectivity index (χ1) is 24.8. The first-order valence-corrected chi connectivity index (χ1v) is 16.8. The Labute approximate surface area is 286 Å². The van der Waals surface area contributed by atoms with E-state index in [0.717, 1.165) is 44.9 Å². The first kappa shape index (κ1) is 27.1. The summed E-state index contributed by atoms with van der Waals surface area (Å²) >= 11 is 0. The van der Waals surface area contributed by atoms with Crippen LogP contribution in [0.2, 0.25) is 0 Å². The third kappa shape index (κ3) is 3.73. The molecule has 0 aliphatic rings. The molecule has 0 saturated carbocycles. The molecule has 5 aromatic heterocycles. The Hall–Kier alpha value is -6.92. The van der Waals surface area contributed by atoms with Crippen molar-refractivity contribution in [3.05, 3.63) is 170 Å². The largest absolute Gasteiger partial charge is 0.309 e. The summed E-state index contributed by atoms with van der Waals surface area (Å²) < 4.78 is 9.04. The van der Waals surface area contributed by atoms with Gasteiger partial charge in [0.05, 0.1) is 38.8 Å². The van der Waals surface area contributed by atoms with E-state index in [-0.39, 0.29) is 0 Å². The average Bonchev–Trinajstić information content (AvgIpc) is 3.96. The van der Waals surface area contributed by atoms with E-state index >= 15 is 0 Å². The lowest BCUT2D eigenvalue weighted by atomic mass is 10.1. The van der Waals surface area contributed by atoms with Crippen molar-refractivity contribution in [2.24, 2.45) is 0 Å². The summed E-state index contributed by atoms with van der Waals surface area (Å²) in [6.07, 6.45) is 5.69. The van der Waals surface area contributed by atoms with Crippen molar-refractivity contribution in [3.8, 4) is 22.9 Å². The smallest absolute Gasteiger partial charge is 0.137 e. The van der Waals surface area contributed by atoms with Gasteiger partial charge in [-0.15, -0.1) is 0 Å². The van der Waals surface area contributed by atoms with Crippen LogP contribution in [0.15, 0.2) is 170 Å².